The first-order chi connectivity index (χ1) is 8.13. The second-order valence-electron chi connectivity index (χ2n) is 4.14. The van der Waals surface area contributed by atoms with Crippen molar-refractivity contribution in [1.82, 2.24) is 4.90 Å². The molecule has 1 aromatic rings. The molecule has 1 rings (SSSR count). The van der Waals surface area contributed by atoms with E-state index in [1.165, 1.54) is 0 Å². The van der Waals surface area contributed by atoms with E-state index in [1.807, 2.05) is 39.2 Å². The first kappa shape index (κ1) is 13.6. The number of hydrogen-bond donors (Lipinski definition) is 1. The van der Waals surface area contributed by atoms with E-state index in [4.69, 9.17) is 10.5 Å². The molecule has 0 saturated heterocycles. The third-order valence-corrected chi connectivity index (χ3v) is 2.31. The van der Waals surface area contributed by atoms with Crippen LogP contribution in [0.1, 0.15) is 11.1 Å². The second kappa shape index (κ2) is 6.95. The minimum atomic E-state index is 0.389. The lowest BCUT2D eigenvalue weighted by atomic mass is 10.1. The number of nitrogens with two attached hydrogens (primary N) is 1. The first-order valence-corrected chi connectivity index (χ1v) is 5.70. The highest BCUT2D eigenvalue weighted by Gasteiger charge is 2.00. The summed E-state index contributed by atoms with van der Waals surface area (Å²) in [5, 5.41) is 0. The van der Waals surface area contributed by atoms with Crippen molar-refractivity contribution in [2.75, 3.05) is 33.8 Å². The maximum atomic E-state index is 5.69. The Morgan fingerprint density at radius 2 is 2.12 bits per heavy atom. The van der Waals surface area contributed by atoms with Crippen LogP contribution in [0.4, 0.5) is 0 Å². The van der Waals surface area contributed by atoms with E-state index in [9.17, 15) is 0 Å². The van der Waals surface area contributed by atoms with Crippen molar-refractivity contribution in [2.45, 2.75) is 6.92 Å². The van der Waals surface area contributed by atoms with Gasteiger partial charge in [0, 0.05) is 12.1 Å². The summed E-state index contributed by atoms with van der Waals surface area (Å²) < 4.78 is 5.69. The molecule has 0 atom stereocenters. The SMILES string of the molecule is Cc1cc(C#CCN)ccc1OCCN(C)C. The van der Waals surface area contributed by atoms with Crippen LogP contribution in [0.3, 0.4) is 0 Å². The molecule has 0 saturated carbocycles. The number of rotatable bonds is 4. The molecule has 0 amide bonds. The summed E-state index contributed by atoms with van der Waals surface area (Å²) in [5.41, 5.74) is 7.42. The van der Waals surface area contributed by atoms with Gasteiger partial charge in [-0.25, -0.2) is 0 Å². The van der Waals surface area contributed by atoms with Gasteiger partial charge in [0.25, 0.3) is 0 Å². The summed E-state index contributed by atoms with van der Waals surface area (Å²) in [4.78, 5) is 2.09. The van der Waals surface area contributed by atoms with Crippen molar-refractivity contribution >= 4 is 0 Å². The molecule has 0 radical (unpaired) electrons. The molecular weight excluding hydrogens is 212 g/mol. The lowest BCUT2D eigenvalue weighted by Gasteiger charge is -2.12. The molecule has 3 heteroatoms. The number of likely N-dealkylation sites (N-methyl/N-ethyl adjacent to an activating group) is 1. The topological polar surface area (TPSA) is 38.5 Å². The molecule has 0 heterocycles. The van der Waals surface area contributed by atoms with E-state index in [1.54, 1.807) is 0 Å². The highest BCUT2D eigenvalue weighted by Crippen LogP contribution is 2.18. The van der Waals surface area contributed by atoms with Crippen molar-refractivity contribution < 1.29 is 4.74 Å². The number of ether oxygens (including phenoxy) is 1. The molecule has 0 aliphatic rings. The lowest BCUT2D eigenvalue weighted by Crippen LogP contribution is -2.19. The molecule has 0 unspecified atom stereocenters. The summed E-state index contributed by atoms with van der Waals surface area (Å²) in [5.74, 6) is 6.77. The zero-order valence-electron chi connectivity index (χ0n) is 10.8. The predicted octanol–water partition coefficient (Wildman–Crippen LogP) is 1.25. The van der Waals surface area contributed by atoms with Crippen LogP contribution in [0.2, 0.25) is 0 Å². The Balaban J connectivity index is 2.63. The average molecular weight is 232 g/mol. The zero-order chi connectivity index (χ0) is 12.7. The molecule has 0 bridgehead atoms. The lowest BCUT2D eigenvalue weighted by molar-refractivity contribution is 0.260. The minimum Gasteiger partial charge on any atom is -0.492 e. The quantitative estimate of drug-likeness (QED) is 0.794. The Kier molecular flexibility index (Phi) is 5.55. The van der Waals surface area contributed by atoms with Gasteiger partial charge in [-0.1, -0.05) is 11.8 Å². The smallest absolute Gasteiger partial charge is 0.122 e. The average Bonchev–Trinajstić information content (AvgIpc) is 2.28. The fourth-order valence-electron chi connectivity index (χ4n) is 1.38. The van der Waals surface area contributed by atoms with Crippen LogP contribution in [0.25, 0.3) is 0 Å². The molecule has 2 N–H and O–H groups in total. The molecule has 17 heavy (non-hydrogen) atoms. The van der Waals surface area contributed by atoms with Crippen LogP contribution >= 0.6 is 0 Å². The minimum absolute atomic E-state index is 0.389. The van der Waals surface area contributed by atoms with Crippen molar-refractivity contribution in [2.24, 2.45) is 5.73 Å². The first-order valence-electron chi connectivity index (χ1n) is 5.70. The van der Waals surface area contributed by atoms with Crippen LogP contribution in [0.15, 0.2) is 18.2 Å². The number of benzene rings is 1. The van der Waals surface area contributed by atoms with Gasteiger partial charge in [0.05, 0.1) is 6.54 Å². The van der Waals surface area contributed by atoms with Crippen molar-refractivity contribution in [3.8, 4) is 17.6 Å². The fraction of sp³-hybridized carbons (Fsp3) is 0.429. The third-order valence-electron chi connectivity index (χ3n) is 2.31. The van der Waals surface area contributed by atoms with Gasteiger partial charge in [-0.15, -0.1) is 0 Å². The van der Waals surface area contributed by atoms with Crippen LogP contribution < -0.4 is 10.5 Å². The molecule has 3 nitrogen and oxygen atoms in total. The summed E-state index contributed by atoms with van der Waals surface area (Å²) >= 11 is 0. The summed E-state index contributed by atoms with van der Waals surface area (Å²) in [7, 11) is 4.06. The van der Waals surface area contributed by atoms with E-state index in [2.05, 4.69) is 16.7 Å². The van der Waals surface area contributed by atoms with Crippen molar-refractivity contribution in [1.29, 1.82) is 0 Å². The molecule has 0 fully saturated rings. The Morgan fingerprint density at radius 3 is 2.71 bits per heavy atom. The Bertz CT molecular complexity index is 416. The Labute approximate surface area is 104 Å². The normalized spacial score (nSPS) is 9.94. The predicted molar refractivity (Wildman–Crippen MR) is 71.2 cm³/mol. The summed E-state index contributed by atoms with van der Waals surface area (Å²) in [6, 6.07) is 5.94. The van der Waals surface area contributed by atoms with Gasteiger partial charge in [0.1, 0.15) is 12.4 Å². The Hall–Kier alpha value is -1.50. The number of hydrogen-bond acceptors (Lipinski definition) is 3. The highest BCUT2D eigenvalue weighted by molar-refractivity contribution is 5.43. The van der Waals surface area contributed by atoms with Crippen LogP contribution in [0, 0.1) is 18.8 Å². The molecule has 0 spiro atoms. The van der Waals surface area contributed by atoms with Crippen LogP contribution in [-0.4, -0.2) is 38.7 Å². The zero-order valence-corrected chi connectivity index (χ0v) is 10.8. The monoisotopic (exact) mass is 232 g/mol. The van der Waals surface area contributed by atoms with Gasteiger partial charge in [-0.3, -0.25) is 0 Å². The molecule has 92 valence electrons. The standard InChI is InChI=1S/C14H20N2O/c1-12-11-13(5-4-8-15)6-7-14(12)17-10-9-16(2)3/h6-7,11H,8-10,15H2,1-3H3. The van der Waals surface area contributed by atoms with Crippen molar-refractivity contribution in [3.05, 3.63) is 29.3 Å². The van der Waals surface area contributed by atoms with Gasteiger partial charge in [0.2, 0.25) is 0 Å². The van der Waals surface area contributed by atoms with Gasteiger partial charge < -0.3 is 15.4 Å². The third kappa shape index (κ3) is 4.90. The maximum Gasteiger partial charge on any atom is 0.122 e. The number of aryl methyl sites for hydroxylation is 1. The maximum absolute atomic E-state index is 5.69. The van der Waals surface area contributed by atoms with Gasteiger partial charge in [-0.05, 0) is 44.8 Å². The van der Waals surface area contributed by atoms with Gasteiger partial charge in [-0.2, -0.15) is 0 Å². The van der Waals surface area contributed by atoms with Crippen LogP contribution in [0.5, 0.6) is 5.75 Å². The molecule has 1 aromatic carbocycles. The van der Waals surface area contributed by atoms with Gasteiger partial charge >= 0.3 is 0 Å². The van der Waals surface area contributed by atoms with E-state index < -0.39 is 0 Å². The van der Waals surface area contributed by atoms with Crippen LogP contribution in [-0.2, 0) is 0 Å². The van der Waals surface area contributed by atoms with E-state index >= 15 is 0 Å². The van der Waals surface area contributed by atoms with E-state index in [-0.39, 0.29) is 0 Å². The second-order valence-corrected chi connectivity index (χ2v) is 4.14. The molecular formula is C14H20N2O. The highest BCUT2D eigenvalue weighted by atomic mass is 16.5. The summed E-state index contributed by atoms with van der Waals surface area (Å²) in [6.45, 7) is 4.02. The van der Waals surface area contributed by atoms with E-state index in [0.717, 1.165) is 23.4 Å². The molecule has 0 aromatic heterocycles. The number of nitrogens with zero attached hydrogens (tertiary/aromatic N) is 1. The summed E-state index contributed by atoms with van der Waals surface area (Å²) in [6.07, 6.45) is 0. The molecule has 0 aliphatic carbocycles. The molecule has 0 aliphatic heterocycles. The Morgan fingerprint density at radius 1 is 1.35 bits per heavy atom. The van der Waals surface area contributed by atoms with Crippen molar-refractivity contribution in [3.63, 3.8) is 0 Å². The van der Waals surface area contributed by atoms with E-state index in [0.29, 0.717) is 13.2 Å². The largest absolute Gasteiger partial charge is 0.492 e. The van der Waals surface area contributed by atoms with Gasteiger partial charge in [0.15, 0.2) is 0 Å². The fourth-order valence-corrected chi connectivity index (χ4v) is 1.38.